The molecule has 0 amide bonds. The Bertz CT molecular complexity index is 665. The molecule has 24 heavy (non-hydrogen) atoms. The molecule has 1 aliphatic heterocycles. The Hall–Kier alpha value is -1.86. The molecular weight excluding hydrogens is 306 g/mol. The Kier molecular flexibility index (Phi) is 4.91. The lowest BCUT2D eigenvalue weighted by Gasteiger charge is -2.22. The first-order valence-electron chi connectivity index (χ1n) is 8.55. The molecule has 0 bridgehead atoms. The van der Waals surface area contributed by atoms with E-state index in [1.807, 2.05) is 16.8 Å². The number of ether oxygens (including phenoxy) is 2. The van der Waals surface area contributed by atoms with Gasteiger partial charge in [-0.15, -0.1) is 0 Å². The summed E-state index contributed by atoms with van der Waals surface area (Å²) in [6.07, 6.45) is 6.94. The summed E-state index contributed by atoms with van der Waals surface area (Å²) in [4.78, 5) is 4.40. The first-order chi connectivity index (χ1) is 11.4. The summed E-state index contributed by atoms with van der Waals surface area (Å²) >= 11 is 0. The van der Waals surface area contributed by atoms with E-state index in [0.29, 0.717) is 12.4 Å². The SMILES string of the molecule is CC(C)(C)c1cc(N)n(-c2cn(CCOC3CCCCO3)cn2)n1. The molecule has 1 fully saturated rings. The van der Waals surface area contributed by atoms with Gasteiger partial charge in [0.15, 0.2) is 12.1 Å². The van der Waals surface area contributed by atoms with Gasteiger partial charge in [-0.05, 0) is 19.3 Å². The lowest BCUT2D eigenvalue weighted by Crippen LogP contribution is -2.23. The van der Waals surface area contributed by atoms with Gasteiger partial charge < -0.3 is 19.8 Å². The molecule has 1 unspecified atom stereocenters. The average Bonchev–Trinajstić information content (AvgIpc) is 3.14. The second kappa shape index (κ2) is 6.94. The molecule has 0 radical (unpaired) electrons. The number of hydrogen-bond donors (Lipinski definition) is 1. The van der Waals surface area contributed by atoms with Gasteiger partial charge in [-0.1, -0.05) is 20.8 Å². The summed E-state index contributed by atoms with van der Waals surface area (Å²) in [7, 11) is 0. The molecule has 1 saturated heterocycles. The monoisotopic (exact) mass is 333 g/mol. The topological polar surface area (TPSA) is 80.1 Å². The Morgan fingerprint density at radius 1 is 1.38 bits per heavy atom. The number of rotatable bonds is 5. The van der Waals surface area contributed by atoms with Gasteiger partial charge >= 0.3 is 0 Å². The number of nitrogens with two attached hydrogens (primary N) is 1. The van der Waals surface area contributed by atoms with Crippen molar-refractivity contribution in [1.82, 2.24) is 19.3 Å². The van der Waals surface area contributed by atoms with Gasteiger partial charge in [0.1, 0.15) is 5.82 Å². The van der Waals surface area contributed by atoms with Crippen LogP contribution in [-0.4, -0.2) is 38.8 Å². The molecule has 3 heterocycles. The quantitative estimate of drug-likeness (QED) is 0.909. The fourth-order valence-corrected chi connectivity index (χ4v) is 2.66. The van der Waals surface area contributed by atoms with Crippen LogP contribution < -0.4 is 5.73 Å². The van der Waals surface area contributed by atoms with Crippen molar-refractivity contribution in [3.05, 3.63) is 24.3 Å². The van der Waals surface area contributed by atoms with E-state index in [9.17, 15) is 0 Å². The first kappa shape index (κ1) is 17.0. The maximum Gasteiger partial charge on any atom is 0.173 e. The predicted octanol–water partition coefficient (Wildman–Crippen LogP) is 2.49. The Morgan fingerprint density at radius 2 is 2.21 bits per heavy atom. The number of anilines is 1. The Balaban J connectivity index is 1.60. The summed E-state index contributed by atoms with van der Waals surface area (Å²) in [5.74, 6) is 1.31. The Morgan fingerprint density at radius 3 is 2.88 bits per heavy atom. The zero-order valence-electron chi connectivity index (χ0n) is 14.7. The van der Waals surface area contributed by atoms with E-state index in [2.05, 4.69) is 30.9 Å². The van der Waals surface area contributed by atoms with Gasteiger partial charge in [-0.3, -0.25) is 0 Å². The number of imidazole rings is 1. The van der Waals surface area contributed by atoms with Crippen molar-refractivity contribution in [2.45, 2.75) is 58.3 Å². The van der Waals surface area contributed by atoms with E-state index in [1.54, 1.807) is 11.0 Å². The van der Waals surface area contributed by atoms with Crippen molar-refractivity contribution >= 4 is 5.82 Å². The van der Waals surface area contributed by atoms with Gasteiger partial charge in [0.05, 0.1) is 18.6 Å². The number of nitrogen functional groups attached to an aromatic ring is 1. The fraction of sp³-hybridized carbons (Fsp3) is 0.647. The normalized spacial score (nSPS) is 18.9. The van der Waals surface area contributed by atoms with E-state index in [-0.39, 0.29) is 11.7 Å². The summed E-state index contributed by atoms with van der Waals surface area (Å²) in [6, 6.07) is 1.91. The molecule has 7 nitrogen and oxygen atoms in total. The third-order valence-electron chi connectivity index (χ3n) is 4.13. The van der Waals surface area contributed by atoms with Crippen LogP contribution in [0.15, 0.2) is 18.6 Å². The second-order valence-electron chi connectivity index (χ2n) is 7.25. The molecule has 0 saturated carbocycles. The second-order valence-corrected chi connectivity index (χ2v) is 7.25. The Labute approximate surface area is 142 Å². The highest BCUT2D eigenvalue weighted by Gasteiger charge is 2.20. The molecule has 0 aliphatic carbocycles. The van der Waals surface area contributed by atoms with Gasteiger partial charge in [0.25, 0.3) is 0 Å². The lowest BCUT2D eigenvalue weighted by molar-refractivity contribution is -0.163. The first-order valence-corrected chi connectivity index (χ1v) is 8.55. The lowest BCUT2D eigenvalue weighted by atomic mass is 9.92. The molecule has 7 heteroatoms. The van der Waals surface area contributed by atoms with Gasteiger partial charge in [-0.25, -0.2) is 4.98 Å². The van der Waals surface area contributed by atoms with E-state index in [1.165, 1.54) is 6.42 Å². The molecule has 2 aromatic rings. The van der Waals surface area contributed by atoms with Crippen LogP contribution in [0.25, 0.3) is 5.82 Å². The van der Waals surface area contributed by atoms with Crippen LogP contribution in [-0.2, 0) is 21.4 Å². The molecule has 0 aromatic carbocycles. The minimum Gasteiger partial charge on any atom is -0.384 e. The molecule has 1 aliphatic rings. The summed E-state index contributed by atoms with van der Waals surface area (Å²) < 4.78 is 15.0. The molecular formula is C17H27N5O2. The summed E-state index contributed by atoms with van der Waals surface area (Å²) in [6.45, 7) is 8.46. The summed E-state index contributed by atoms with van der Waals surface area (Å²) in [5, 5.41) is 4.58. The number of hydrogen-bond acceptors (Lipinski definition) is 5. The minimum atomic E-state index is -0.0576. The minimum absolute atomic E-state index is 0.0459. The highest BCUT2D eigenvalue weighted by atomic mass is 16.7. The van der Waals surface area contributed by atoms with E-state index in [4.69, 9.17) is 15.2 Å². The van der Waals surface area contributed by atoms with Crippen molar-refractivity contribution < 1.29 is 9.47 Å². The summed E-state index contributed by atoms with van der Waals surface area (Å²) in [5.41, 5.74) is 6.99. The average molecular weight is 333 g/mol. The molecule has 0 spiro atoms. The van der Waals surface area contributed by atoms with Crippen LogP contribution >= 0.6 is 0 Å². The third-order valence-corrected chi connectivity index (χ3v) is 4.13. The van der Waals surface area contributed by atoms with E-state index in [0.717, 1.165) is 37.5 Å². The van der Waals surface area contributed by atoms with Crippen LogP contribution in [0.3, 0.4) is 0 Å². The van der Waals surface area contributed by atoms with Crippen molar-refractivity contribution in [3.8, 4) is 5.82 Å². The highest BCUT2D eigenvalue weighted by Crippen LogP contribution is 2.24. The highest BCUT2D eigenvalue weighted by molar-refractivity contribution is 5.40. The smallest absolute Gasteiger partial charge is 0.173 e. The predicted molar refractivity (Wildman–Crippen MR) is 92.0 cm³/mol. The molecule has 1 atom stereocenters. The van der Waals surface area contributed by atoms with Crippen molar-refractivity contribution in [1.29, 1.82) is 0 Å². The maximum absolute atomic E-state index is 6.09. The number of nitrogens with zero attached hydrogens (tertiary/aromatic N) is 4. The zero-order valence-corrected chi connectivity index (χ0v) is 14.7. The van der Waals surface area contributed by atoms with Crippen molar-refractivity contribution in [2.24, 2.45) is 0 Å². The molecule has 2 aromatic heterocycles. The van der Waals surface area contributed by atoms with Gasteiger partial charge in [-0.2, -0.15) is 9.78 Å². The molecule has 132 valence electrons. The van der Waals surface area contributed by atoms with Crippen LogP contribution in [0.4, 0.5) is 5.82 Å². The van der Waals surface area contributed by atoms with Crippen LogP contribution in [0.2, 0.25) is 0 Å². The van der Waals surface area contributed by atoms with E-state index >= 15 is 0 Å². The van der Waals surface area contributed by atoms with Crippen LogP contribution in [0.5, 0.6) is 0 Å². The zero-order chi connectivity index (χ0) is 17.2. The molecule has 2 N–H and O–H groups in total. The molecule has 3 rings (SSSR count). The standard InChI is InChI=1S/C17H27N5O2/c1-17(2,3)13-10-14(18)22(20-13)15-11-21(12-19-15)7-9-24-16-6-4-5-8-23-16/h10-12,16H,4-9,18H2,1-3H3. The maximum atomic E-state index is 6.09. The van der Waals surface area contributed by atoms with E-state index < -0.39 is 0 Å². The van der Waals surface area contributed by atoms with Crippen molar-refractivity contribution in [2.75, 3.05) is 18.9 Å². The van der Waals surface area contributed by atoms with Gasteiger partial charge in [0, 0.05) is 30.8 Å². The van der Waals surface area contributed by atoms with Crippen LogP contribution in [0.1, 0.15) is 45.7 Å². The van der Waals surface area contributed by atoms with Gasteiger partial charge in [0.2, 0.25) is 0 Å². The van der Waals surface area contributed by atoms with Crippen LogP contribution in [0, 0.1) is 0 Å². The third kappa shape index (κ3) is 3.96. The largest absolute Gasteiger partial charge is 0.384 e. The van der Waals surface area contributed by atoms with Crippen molar-refractivity contribution in [3.63, 3.8) is 0 Å². The number of aromatic nitrogens is 4. The fourth-order valence-electron chi connectivity index (χ4n) is 2.66.